The van der Waals surface area contributed by atoms with Gasteiger partial charge in [0.25, 0.3) is 0 Å². The van der Waals surface area contributed by atoms with Gasteiger partial charge in [-0.25, -0.2) is 0 Å². The zero-order valence-electron chi connectivity index (χ0n) is 9.01. The Kier molecular flexibility index (Phi) is 3.99. The van der Waals surface area contributed by atoms with E-state index in [9.17, 15) is 0 Å². The van der Waals surface area contributed by atoms with E-state index in [-0.39, 0.29) is 6.04 Å². The van der Waals surface area contributed by atoms with Crippen LogP contribution < -0.4 is 5.73 Å². The molecule has 0 radical (unpaired) electrons. The maximum atomic E-state index is 6.06. The molecule has 0 fully saturated rings. The van der Waals surface area contributed by atoms with Crippen molar-refractivity contribution in [2.45, 2.75) is 39.7 Å². The van der Waals surface area contributed by atoms with Crippen molar-refractivity contribution >= 4 is 22.9 Å². The Morgan fingerprint density at radius 3 is 2.50 bits per heavy atom. The predicted molar refractivity (Wildman–Crippen MR) is 65.1 cm³/mol. The molecule has 2 N–H and O–H groups in total. The first-order chi connectivity index (χ1) is 6.37. The van der Waals surface area contributed by atoms with Gasteiger partial charge in [-0.15, -0.1) is 11.3 Å². The molecule has 0 aliphatic rings. The summed E-state index contributed by atoms with van der Waals surface area (Å²) in [6, 6.07) is 4.24. The SMILES string of the molecule is CC(C)(C)CC(N)Cc1ccc(Cl)s1. The quantitative estimate of drug-likeness (QED) is 0.844. The lowest BCUT2D eigenvalue weighted by atomic mass is 9.87. The molecule has 0 spiro atoms. The van der Waals surface area contributed by atoms with Gasteiger partial charge in [0, 0.05) is 10.9 Å². The molecule has 0 bridgehead atoms. The molecular weight excluding hydrogens is 214 g/mol. The van der Waals surface area contributed by atoms with E-state index in [1.807, 2.05) is 6.07 Å². The van der Waals surface area contributed by atoms with Crippen molar-refractivity contribution in [3.63, 3.8) is 0 Å². The van der Waals surface area contributed by atoms with Crippen LogP contribution in [0.5, 0.6) is 0 Å². The molecule has 80 valence electrons. The fraction of sp³-hybridized carbons (Fsp3) is 0.636. The van der Waals surface area contributed by atoms with Crippen molar-refractivity contribution in [2.75, 3.05) is 0 Å². The van der Waals surface area contributed by atoms with Crippen molar-refractivity contribution in [3.05, 3.63) is 21.3 Å². The summed E-state index contributed by atoms with van der Waals surface area (Å²) in [7, 11) is 0. The Labute approximate surface area is 95.3 Å². The largest absolute Gasteiger partial charge is 0.327 e. The molecule has 1 aromatic rings. The first kappa shape index (κ1) is 12.0. The van der Waals surface area contributed by atoms with Gasteiger partial charge in [0.1, 0.15) is 0 Å². The summed E-state index contributed by atoms with van der Waals surface area (Å²) in [4.78, 5) is 1.28. The number of hydrogen-bond donors (Lipinski definition) is 1. The van der Waals surface area contributed by atoms with E-state index in [0.29, 0.717) is 5.41 Å². The summed E-state index contributed by atoms with van der Waals surface area (Å²) < 4.78 is 0.850. The van der Waals surface area contributed by atoms with Crippen LogP contribution in [0.25, 0.3) is 0 Å². The van der Waals surface area contributed by atoms with E-state index < -0.39 is 0 Å². The van der Waals surface area contributed by atoms with E-state index in [1.54, 1.807) is 11.3 Å². The van der Waals surface area contributed by atoms with Gasteiger partial charge in [-0.3, -0.25) is 0 Å². The first-order valence-electron chi connectivity index (χ1n) is 4.86. The van der Waals surface area contributed by atoms with E-state index >= 15 is 0 Å². The van der Waals surface area contributed by atoms with Crippen molar-refractivity contribution in [2.24, 2.45) is 11.1 Å². The summed E-state index contributed by atoms with van der Waals surface area (Å²) >= 11 is 7.48. The molecule has 1 nitrogen and oxygen atoms in total. The van der Waals surface area contributed by atoms with E-state index in [4.69, 9.17) is 17.3 Å². The van der Waals surface area contributed by atoms with Crippen LogP contribution in [0.1, 0.15) is 32.1 Å². The Hall–Kier alpha value is -0.0500. The van der Waals surface area contributed by atoms with Crippen LogP contribution in [-0.4, -0.2) is 6.04 Å². The summed E-state index contributed by atoms with van der Waals surface area (Å²) in [5.41, 5.74) is 6.37. The number of halogens is 1. The van der Waals surface area contributed by atoms with E-state index in [1.165, 1.54) is 4.88 Å². The highest BCUT2D eigenvalue weighted by molar-refractivity contribution is 7.16. The molecule has 0 saturated carbocycles. The fourth-order valence-electron chi connectivity index (χ4n) is 1.58. The van der Waals surface area contributed by atoms with Crippen LogP contribution in [0.4, 0.5) is 0 Å². The standard InChI is InChI=1S/C11H18ClNS/c1-11(2,3)7-8(13)6-9-4-5-10(12)14-9/h4-5,8H,6-7,13H2,1-3H3. The molecule has 1 aromatic heterocycles. The molecule has 0 aliphatic carbocycles. The van der Waals surface area contributed by atoms with Crippen LogP contribution in [0.2, 0.25) is 4.34 Å². The van der Waals surface area contributed by atoms with Gasteiger partial charge in [0.05, 0.1) is 4.34 Å². The Morgan fingerprint density at radius 2 is 2.07 bits per heavy atom. The minimum Gasteiger partial charge on any atom is -0.327 e. The second kappa shape index (κ2) is 4.65. The van der Waals surface area contributed by atoms with Gasteiger partial charge in [-0.05, 0) is 30.4 Å². The second-order valence-corrected chi connectivity index (χ2v) is 6.73. The van der Waals surface area contributed by atoms with Gasteiger partial charge < -0.3 is 5.73 Å². The molecular formula is C11H18ClNS. The van der Waals surface area contributed by atoms with Gasteiger partial charge >= 0.3 is 0 Å². The summed E-state index contributed by atoms with van der Waals surface area (Å²) in [6.45, 7) is 6.65. The Balaban J connectivity index is 2.45. The maximum Gasteiger partial charge on any atom is 0.0931 e. The molecule has 1 unspecified atom stereocenters. The van der Waals surface area contributed by atoms with Gasteiger partial charge in [0.15, 0.2) is 0 Å². The molecule has 0 aromatic carbocycles. The van der Waals surface area contributed by atoms with Crippen LogP contribution in [0.3, 0.4) is 0 Å². The Morgan fingerprint density at radius 1 is 1.43 bits per heavy atom. The second-order valence-electron chi connectivity index (χ2n) is 4.93. The molecule has 3 heteroatoms. The molecule has 0 amide bonds. The minimum absolute atomic E-state index is 0.240. The molecule has 0 saturated heterocycles. The maximum absolute atomic E-state index is 6.06. The third-order valence-electron chi connectivity index (χ3n) is 1.97. The minimum atomic E-state index is 0.240. The van der Waals surface area contributed by atoms with E-state index in [0.717, 1.165) is 17.2 Å². The summed E-state index contributed by atoms with van der Waals surface area (Å²) in [5, 5.41) is 0. The van der Waals surface area contributed by atoms with Gasteiger partial charge in [-0.1, -0.05) is 32.4 Å². The zero-order valence-corrected chi connectivity index (χ0v) is 10.6. The summed E-state index contributed by atoms with van der Waals surface area (Å²) in [5.74, 6) is 0. The zero-order chi connectivity index (χ0) is 10.8. The lowest BCUT2D eigenvalue weighted by molar-refractivity contribution is 0.339. The molecule has 1 rings (SSSR count). The summed E-state index contributed by atoms with van der Waals surface area (Å²) in [6.07, 6.45) is 1.98. The van der Waals surface area contributed by atoms with Gasteiger partial charge in [-0.2, -0.15) is 0 Å². The van der Waals surface area contributed by atoms with Crippen molar-refractivity contribution < 1.29 is 0 Å². The van der Waals surface area contributed by atoms with Crippen LogP contribution in [0, 0.1) is 5.41 Å². The van der Waals surface area contributed by atoms with Crippen LogP contribution >= 0.6 is 22.9 Å². The molecule has 0 aliphatic heterocycles. The highest BCUT2D eigenvalue weighted by atomic mass is 35.5. The monoisotopic (exact) mass is 231 g/mol. The molecule has 14 heavy (non-hydrogen) atoms. The van der Waals surface area contributed by atoms with Crippen molar-refractivity contribution in [1.82, 2.24) is 0 Å². The third-order valence-corrected chi connectivity index (χ3v) is 3.22. The van der Waals surface area contributed by atoms with E-state index in [2.05, 4.69) is 26.8 Å². The number of hydrogen-bond acceptors (Lipinski definition) is 2. The smallest absolute Gasteiger partial charge is 0.0931 e. The number of nitrogens with two attached hydrogens (primary N) is 1. The van der Waals surface area contributed by atoms with Crippen molar-refractivity contribution in [1.29, 1.82) is 0 Å². The van der Waals surface area contributed by atoms with Gasteiger partial charge in [0.2, 0.25) is 0 Å². The average Bonchev–Trinajstić information content (AvgIpc) is 2.30. The van der Waals surface area contributed by atoms with Crippen LogP contribution in [-0.2, 0) is 6.42 Å². The topological polar surface area (TPSA) is 26.0 Å². The van der Waals surface area contributed by atoms with Crippen molar-refractivity contribution in [3.8, 4) is 0 Å². The highest BCUT2D eigenvalue weighted by Gasteiger charge is 2.16. The molecule has 1 heterocycles. The predicted octanol–water partition coefficient (Wildman–Crippen LogP) is 3.71. The average molecular weight is 232 g/mol. The lowest BCUT2D eigenvalue weighted by Gasteiger charge is -2.22. The first-order valence-corrected chi connectivity index (χ1v) is 6.06. The Bertz CT molecular complexity index is 288. The normalized spacial score (nSPS) is 14.4. The highest BCUT2D eigenvalue weighted by Crippen LogP contribution is 2.25. The number of thiophene rings is 1. The lowest BCUT2D eigenvalue weighted by Crippen LogP contribution is -2.28. The fourth-order valence-corrected chi connectivity index (χ4v) is 2.76. The van der Waals surface area contributed by atoms with Crippen LogP contribution in [0.15, 0.2) is 12.1 Å². The number of rotatable bonds is 3. The molecule has 1 atom stereocenters. The third kappa shape index (κ3) is 4.45.